The zero-order valence-corrected chi connectivity index (χ0v) is 18.0. The van der Waals surface area contributed by atoms with Crippen molar-refractivity contribution in [1.29, 1.82) is 0 Å². The molecule has 0 aliphatic heterocycles. The number of hydrogen-bond acceptors (Lipinski definition) is 8. The van der Waals surface area contributed by atoms with E-state index in [1.54, 1.807) is 38.1 Å². The molecule has 1 aromatic heterocycles. The van der Waals surface area contributed by atoms with Crippen LogP contribution in [-0.4, -0.2) is 32.6 Å². The molecule has 12 nitrogen and oxygen atoms in total. The maximum Gasteiger partial charge on any atom is 0.390 e. The van der Waals surface area contributed by atoms with Crippen molar-refractivity contribution >= 4 is 23.1 Å². The van der Waals surface area contributed by atoms with Crippen molar-refractivity contribution in [2.45, 2.75) is 26.3 Å². The normalized spacial score (nSPS) is 11.5. The van der Waals surface area contributed by atoms with E-state index in [1.807, 2.05) is 0 Å². The van der Waals surface area contributed by atoms with Gasteiger partial charge in [0.25, 0.3) is 11.6 Å². The summed E-state index contributed by atoms with van der Waals surface area (Å²) in [5.74, 6) is -0.0352. The molecule has 0 bridgehead atoms. The minimum atomic E-state index is -0.864. The quantitative estimate of drug-likeness (QED) is 0.368. The van der Waals surface area contributed by atoms with Gasteiger partial charge in [-0.3, -0.25) is 14.9 Å². The zero-order chi connectivity index (χ0) is 24.1. The molecule has 1 heterocycles. The highest BCUT2D eigenvalue weighted by Crippen LogP contribution is 2.34. The van der Waals surface area contributed by atoms with Crippen molar-refractivity contribution in [2.24, 2.45) is 0 Å². The second-order valence-electron chi connectivity index (χ2n) is 6.98. The fourth-order valence-corrected chi connectivity index (χ4v) is 3.22. The number of anilines is 1. The van der Waals surface area contributed by atoms with Crippen molar-refractivity contribution in [2.75, 3.05) is 12.4 Å². The lowest BCUT2D eigenvalue weighted by Gasteiger charge is -2.15. The van der Waals surface area contributed by atoms with E-state index in [4.69, 9.17) is 9.47 Å². The first-order valence-electron chi connectivity index (χ1n) is 9.85. The van der Waals surface area contributed by atoms with Crippen LogP contribution in [0.25, 0.3) is 0 Å². The number of carbonyl (C=O) groups excluding carboxylic acids is 1. The van der Waals surface area contributed by atoms with Crippen LogP contribution >= 0.6 is 0 Å². The summed E-state index contributed by atoms with van der Waals surface area (Å²) in [5.41, 5.74) is 0.261. The summed E-state index contributed by atoms with van der Waals surface area (Å²) < 4.78 is 12.3. The molecule has 1 N–H and O–H groups in total. The standard InChI is InChI=1S/C21H21N5O7/c1-4-17(24-13(2)9-20(23-24)26(30)31)21(27)22-14-10-15(25(28)29)12-16(11-14)33-19-8-6-5-7-18(19)32-3/h5-12,17H,4H2,1-3H3,(H,22,27). The van der Waals surface area contributed by atoms with Crippen molar-refractivity contribution < 1.29 is 24.1 Å². The molecule has 0 aliphatic rings. The fourth-order valence-electron chi connectivity index (χ4n) is 3.22. The van der Waals surface area contributed by atoms with E-state index in [9.17, 15) is 25.0 Å². The Kier molecular flexibility index (Phi) is 6.86. The van der Waals surface area contributed by atoms with Gasteiger partial charge in [-0.15, -0.1) is 0 Å². The van der Waals surface area contributed by atoms with Gasteiger partial charge in [0.15, 0.2) is 17.5 Å². The van der Waals surface area contributed by atoms with Crippen LogP contribution in [0.4, 0.5) is 17.2 Å². The van der Waals surface area contributed by atoms with Crippen LogP contribution in [0.2, 0.25) is 0 Å². The molecule has 0 saturated heterocycles. The molecular formula is C21H21N5O7. The topological polar surface area (TPSA) is 152 Å². The number of carbonyl (C=O) groups is 1. The Bertz CT molecular complexity index is 1210. The molecule has 1 amide bonds. The van der Waals surface area contributed by atoms with E-state index in [-0.39, 0.29) is 29.4 Å². The zero-order valence-electron chi connectivity index (χ0n) is 18.0. The smallest absolute Gasteiger partial charge is 0.390 e. The summed E-state index contributed by atoms with van der Waals surface area (Å²) in [6.07, 6.45) is 0.283. The number of nitro benzene ring substituents is 1. The van der Waals surface area contributed by atoms with Gasteiger partial charge in [0.1, 0.15) is 5.75 Å². The number of non-ortho nitro benzene ring substituents is 1. The first-order chi connectivity index (χ1) is 15.7. The molecule has 0 saturated carbocycles. The number of hydrogen-bond donors (Lipinski definition) is 1. The highest BCUT2D eigenvalue weighted by atomic mass is 16.6. The maximum atomic E-state index is 13.0. The first kappa shape index (κ1) is 23.2. The molecule has 1 unspecified atom stereocenters. The number of nitro groups is 2. The second-order valence-corrected chi connectivity index (χ2v) is 6.98. The van der Waals surface area contributed by atoms with Crippen molar-refractivity contribution in [3.8, 4) is 17.2 Å². The summed E-state index contributed by atoms with van der Waals surface area (Å²) in [5, 5.41) is 29.0. The minimum absolute atomic E-state index is 0.114. The molecule has 0 radical (unpaired) electrons. The Balaban J connectivity index is 1.91. The number of methoxy groups -OCH3 is 1. The van der Waals surface area contributed by atoms with Crippen LogP contribution in [0, 0.1) is 27.2 Å². The van der Waals surface area contributed by atoms with E-state index in [0.717, 1.165) is 0 Å². The molecule has 2 aromatic carbocycles. The van der Waals surface area contributed by atoms with Crippen LogP contribution < -0.4 is 14.8 Å². The molecule has 33 heavy (non-hydrogen) atoms. The van der Waals surface area contributed by atoms with E-state index in [0.29, 0.717) is 17.2 Å². The molecule has 172 valence electrons. The number of ether oxygens (including phenoxy) is 2. The molecule has 12 heteroatoms. The Labute approximate surface area is 188 Å². The largest absolute Gasteiger partial charge is 0.493 e. The van der Waals surface area contributed by atoms with Crippen molar-refractivity contribution in [3.63, 3.8) is 0 Å². The minimum Gasteiger partial charge on any atom is -0.493 e. The summed E-state index contributed by atoms with van der Waals surface area (Å²) in [6, 6.07) is 11.0. The Morgan fingerprint density at radius 1 is 1.12 bits per heavy atom. The number of amides is 1. The fraction of sp³-hybridized carbons (Fsp3) is 0.238. The third-order valence-corrected chi connectivity index (χ3v) is 4.75. The molecular weight excluding hydrogens is 434 g/mol. The second kappa shape index (κ2) is 9.77. The monoisotopic (exact) mass is 455 g/mol. The number of rotatable bonds is 9. The number of benzene rings is 2. The number of nitrogens with zero attached hydrogens (tertiary/aromatic N) is 4. The van der Waals surface area contributed by atoms with Gasteiger partial charge in [-0.2, -0.15) is 4.68 Å². The molecule has 0 aliphatic carbocycles. The predicted molar refractivity (Wildman–Crippen MR) is 118 cm³/mol. The predicted octanol–water partition coefficient (Wildman–Crippen LogP) is 4.40. The van der Waals surface area contributed by atoms with E-state index in [2.05, 4.69) is 10.4 Å². The highest BCUT2D eigenvalue weighted by Gasteiger charge is 2.27. The lowest BCUT2D eigenvalue weighted by atomic mass is 10.2. The van der Waals surface area contributed by atoms with Gasteiger partial charge in [0.2, 0.25) is 0 Å². The molecule has 3 rings (SSSR count). The van der Waals surface area contributed by atoms with E-state index < -0.39 is 21.8 Å². The number of aryl methyl sites for hydroxylation is 1. The third kappa shape index (κ3) is 5.23. The highest BCUT2D eigenvalue weighted by molar-refractivity contribution is 5.94. The van der Waals surface area contributed by atoms with E-state index >= 15 is 0 Å². The summed E-state index contributed by atoms with van der Waals surface area (Å²) in [4.78, 5) is 34.1. The van der Waals surface area contributed by atoms with Gasteiger partial charge < -0.3 is 24.9 Å². The summed E-state index contributed by atoms with van der Waals surface area (Å²) in [7, 11) is 1.47. The lowest BCUT2D eigenvalue weighted by molar-refractivity contribution is -0.389. The average Bonchev–Trinajstić information content (AvgIpc) is 3.16. The number of aromatic nitrogens is 2. The number of nitrogens with one attached hydrogen (secondary N) is 1. The van der Waals surface area contributed by atoms with E-state index in [1.165, 1.54) is 36.1 Å². The van der Waals surface area contributed by atoms with Gasteiger partial charge in [-0.1, -0.05) is 19.1 Å². The molecule has 3 aromatic rings. The van der Waals surface area contributed by atoms with Gasteiger partial charge >= 0.3 is 5.82 Å². The van der Waals surface area contributed by atoms with Crippen LogP contribution in [0.5, 0.6) is 17.2 Å². The van der Waals surface area contributed by atoms with Gasteiger partial charge in [-0.05, 0) is 30.4 Å². The van der Waals surface area contributed by atoms with Gasteiger partial charge in [0.05, 0.1) is 40.6 Å². The van der Waals surface area contributed by atoms with Crippen LogP contribution in [0.1, 0.15) is 25.1 Å². The lowest BCUT2D eigenvalue weighted by Crippen LogP contribution is -2.27. The van der Waals surface area contributed by atoms with Gasteiger partial charge in [-0.25, -0.2) is 0 Å². The average molecular weight is 455 g/mol. The SMILES string of the molecule is CCC(C(=O)Nc1cc(Oc2ccccc2OC)cc([N+](=O)[O-])c1)n1nc([N+](=O)[O-])cc1C. The van der Waals surface area contributed by atoms with Crippen LogP contribution in [0.15, 0.2) is 48.5 Å². The number of para-hydroxylation sites is 2. The van der Waals surface area contributed by atoms with Crippen molar-refractivity contribution in [3.05, 3.63) is 74.5 Å². The summed E-state index contributed by atoms with van der Waals surface area (Å²) in [6.45, 7) is 3.32. The third-order valence-electron chi connectivity index (χ3n) is 4.75. The maximum absolute atomic E-state index is 13.0. The Hall–Kier alpha value is -4.48. The van der Waals surface area contributed by atoms with Gasteiger partial charge in [0, 0.05) is 12.1 Å². The Morgan fingerprint density at radius 3 is 2.39 bits per heavy atom. The Morgan fingerprint density at radius 2 is 1.82 bits per heavy atom. The van der Waals surface area contributed by atoms with Crippen molar-refractivity contribution in [1.82, 2.24) is 9.78 Å². The van der Waals surface area contributed by atoms with Crippen LogP contribution in [0.3, 0.4) is 0 Å². The summed E-state index contributed by atoms with van der Waals surface area (Å²) >= 11 is 0. The first-order valence-corrected chi connectivity index (χ1v) is 9.85. The molecule has 1 atom stereocenters. The molecule has 0 fully saturated rings. The molecule has 0 spiro atoms. The van der Waals surface area contributed by atoms with Crippen LogP contribution in [-0.2, 0) is 4.79 Å².